The van der Waals surface area contributed by atoms with Gasteiger partial charge in [0, 0.05) is 30.8 Å². The molecule has 0 N–H and O–H groups in total. The molecule has 6 nitrogen and oxygen atoms in total. The molecule has 4 unspecified atom stereocenters. The second-order valence-corrected chi connectivity index (χ2v) is 7.58. The van der Waals surface area contributed by atoms with E-state index in [4.69, 9.17) is 23.7 Å². The molecule has 6 fully saturated rings. The lowest BCUT2D eigenvalue weighted by Gasteiger charge is -2.65. The van der Waals surface area contributed by atoms with Crippen molar-refractivity contribution < 1.29 is 28.5 Å². The van der Waals surface area contributed by atoms with Crippen molar-refractivity contribution in [1.29, 1.82) is 0 Å². The molecule has 6 aliphatic rings. The van der Waals surface area contributed by atoms with E-state index in [0.717, 1.165) is 12.8 Å². The van der Waals surface area contributed by atoms with Crippen LogP contribution in [0.25, 0.3) is 0 Å². The Balaban J connectivity index is 1.57. The average molecular weight is 308 g/mol. The summed E-state index contributed by atoms with van der Waals surface area (Å²) in [7, 11) is 0. The van der Waals surface area contributed by atoms with Gasteiger partial charge in [-0.25, -0.2) is 4.79 Å². The molecule has 0 aromatic rings. The Bertz CT molecular complexity index is 543. The van der Waals surface area contributed by atoms with Crippen molar-refractivity contribution in [3.05, 3.63) is 12.2 Å². The second-order valence-electron chi connectivity index (χ2n) is 7.58. The van der Waals surface area contributed by atoms with Crippen molar-refractivity contribution in [1.82, 2.24) is 0 Å². The van der Waals surface area contributed by atoms with E-state index in [-0.39, 0.29) is 24.1 Å². The molecule has 22 heavy (non-hydrogen) atoms. The van der Waals surface area contributed by atoms with E-state index >= 15 is 0 Å². The lowest BCUT2D eigenvalue weighted by molar-refractivity contribution is -0.278. The molecule has 6 rings (SSSR count). The zero-order valence-electron chi connectivity index (χ0n) is 12.6. The molecule has 4 saturated carbocycles. The molecular formula is C16H20O6. The summed E-state index contributed by atoms with van der Waals surface area (Å²) < 4.78 is 29.7. The first-order chi connectivity index (χ1) is 10.5. The third-order valence-electron chi connectivity index (χ3n) is 6.11. The molecule has 0 aromatic carbocycles. The molecule has 0 amide bonds. The molecule has 0 radical (unpaired) electrons. The number of carbonyl (C=O) groups excluding carboxylic acids is 1. The van der Waals surface area contributed by atoms with Gasteiger partial charge >= 0.3 is 5.97 Å². The van der Waals surface area contributed by atoms with Gasteiger partial charge in [-0.15, -0.1) is 0 Å². The number of rotatable bonds is 2. The molecule has 0 aromatic heterocycles. The van der Waals surface area contributed by atoms with E-state index in [9.17, 15) is 4.79 Å². The number of ether oxygens (including phenoxy) is 5. The molecule has 4 atom stereocenters. The fourth-order valence-corrected chi connectivity index (χ4v) is 5.68. The quantitative estimate of drug-likeness (QED) is 0.566. The standard InChI is InChI=1S/C16H20O6/c1-9(2)13(17)22-14-3-10-11-15(4-14,20-7-18-11)6-16(5-14)12(10)19-8-21-16/h10-12H,1,3-8H2,2H3. The summed E-state index contributed by atoms with van der Waals surface area (Å²) in [6.07, 6.45) is 2.90. The predicted molar refractivity (Wildman–Crippen MR) is 72.7 cm³/mol. The molecule has 120 valence electrons. The molecule has 2 spiro atoms. The van der Waals surface area contributed by atoms with Crippen LogP contribution < -0.4 is 0 Å². The van der Waals surface area contributed by atoms with E-state index in [0.29, 0.717) is 32.0 Å². The molecule has 2 saturated heterocycles. The summed E-state index contributed by atoms with van der Waals surface area (Å²) in [5.41, 5.74) is -0.930. The van der Waals surface area contributed by atoms with Crippen LogP contribution in [0.4, 0.5) is 0 Å². The summed E-state index contributed by atoms with van der Waals surface area (Å²) in [4.78, 5) is 12.1. The van der Waals surface area contributed by atoms with E-state index < -0.39 is 16.8 Å². The normalized spacial score (nSPS) is 54.1. The summed E-state index contributed by atoms with van der Waals surface area (Å²) in [5, 5.41) is 0. The van der Waals surface area contributed by atoms with Gasteiger partial charge < -0.3 is 23.7 Å². The van der Waals surface area contributed by atoms with Crippen LogP contribution in [0, 0.1) is 5.92 Å². The Morgan fingerprint density at radius 1 is 1.09 bits per heavy atom. The van der Waals surface area contributed by atoms with Crippen LogP contribution in [-0.2, 0) is 28.5 Å². The zero-order chi connectivity index (χ0) is 15.2. The van der Waals surface area contributed by atoms with Crippen molar-refractivity contribution in [2.45, 2.75) is 61.6 Å². The van der Waals surface area contributed by atoms with Crippen LogP contribution in [0.15, 0.2) is 12.2 Å². The Morgan fingerprint density at radius 2 is 1.68 bits per heavy atom. The van der Waals surface area contributed by atoms with Crippen LogP contribution in [0.1, 0.15) is 32.6 Å². The van der Waals surface area contributed by atoms with Gasteiger partial charge in [0.25, 0.3) is 0 Å². The van der Waals surface area contributed by atoms with Gasteiger partial charge in [0.2, 0.25) is 0 Å². The highest BCUT2D eigenvalue weighted by molar-refractivity contribution is 5.87. The molecule has 4 aliphatic carbocycles. The van der Waals surface area contributed by atoms with E-state index in [2.05, 4.69) is 6.58 Å². The third-order valence-corrected chi connectivity index (χ3v) is 6.11. The minimum absolute atomic E-state index is 0.0179. The largest absolute Gasteiger partial charge is 0.455 e. The van der Waals surface area contributed by atoms with Crippen molar-refractivity contribution >= 4 is 5.97 Å². The van der Waals surface area contributed by atoms with E-state index in [1.165, 1.54) is 0 Å². The fourth-order valence-electron chi connectivity index (χ4n) is 5.68. The molecule has 4 bridgehead atoms. The Labute approximate surface area is 128 Å². The van der Waals surface area contributed by atoms with Gasteiger partial charge in [-0.1, -0.05) is 6.58 Å². The fraction of sp³-hybridized carbons (Fsp3) is 0.812. The highest BCUT2D eigenvalue weighted by atomic mass is 16.7. The highest BCUT2D eigenvalue weighted by Gasteiger charge is 2.77. The summed E-state index contributed by atoms with van der Waals surface area (Å²) in [6, 6.07) is 0. The molecule has 2 aliphatic heterocycles. The Kier molecular flexibility index (Phi) is 2.41. The topological polar surface area (TPSA) is 63.2 Å². The van der Waals surface area contributed by atoms with Gasteiger partial charge in [0.15, 0.2) is 0 Å². The first kappa shape index (κ1) is 13.5. The first-order valence-corrected chi connectivity index (χ1v) is 7.88. The minimum Gasteiger partial charge on any atom is -0.455 e. The number of hydrogen-bond donors (Lipinski definition) is 0. The first-order valence-electron chi connectivity index (χ1n) is 7.88. The highest BCUT2D eigenvalue weighted by Crippen LogP contribution is 2.66. The predicted octanol–water partition coefficient (Wildman–Crippen LogP) is 1.29. The van der Waals surface area contributed by atoms with Crippen LogP contribution in [0.2, 0.25) is 0 Å². The van der Waals surface area contributed by atoms with Crippen molar-refractivity contribution in [3.63, 3.8) is 0 Å². The van der Waals surface area contributed by atoms with Gasteiger partial charge in [-0.2, -0.15) is 0 Å². The van der Waals surface area contributed by atoms with Crippen molar-refractivity contribution in [2.75, 3.05) is 13.6 Å². The average Bonchev–Trinajstić information content (AvgIpc) is 3.01. The summed E-state index contributed by atoms with van der Waals surface area (Å²) in [6.45, 7) is 5.97. The SMILES string of the molecule is C=C(C)C(=O)OC12CC3C4OCOC4(C1)CC1(C2)OCOC31. The number of hydrogen-bond acceptors (Lipinski definition) is 6. The van der Waals surface area contributed by atoms with E-state index in [1.54, 1.807) is 6.92 Å². The lowest BCUT2D eigenvalue weighted by atomic mass is 9.48. The third kappa shape index (κ3) is 1.47. The lowest BCUT2D eigenvalue weighted by Crippen LogP contribution is -2.76. The zero-order valence-corrected chi connectivity index (χ0v) is 12.6. The Morgan fingerprint density at radius 3 is 2.23 bits per heavy atom. The van der Waals surface area contributed by atoms with Crippen LogP contribution in [0.5, 0.6) is 0 Å². The second kappa shape index (κ2) is 3.93. The van der Waals surface area contributed by atoms with Gasteiger partial charge in [-0.05, 0) is 13.3 Å². The number of esters is 1. The van der Waals surface area contributed by atoms with Gasteiger partial charge in [0.1, 0.15) is 30.4 Å². The van der Waals surface area contributed by atoms with Gasteiger partial charge in [0.05, 0.1) is 12.2 Å². The van der Waals surface area contributed by atoms with Crippen LogP contribution in [-0.4, -0.2) is 48.6 Å². The maximum absolute atomic E-state index is 12.1. The maximum atomic E-state index is 12.1. The minimum atomic E-state index is -0.548. The maximum Gasteiger partial charge on any atom is 0.333 e. The number of carbonyl (C=O) groups is 1. The summed E-state index contributed by atoms with van der Waals surface area (Å²) >= 11 is 0. The monoisotopic (exact) mass is 308 g/mol. The van der Waals surface area contributed by atoms with Crippen molar-refractivity contribution in [2.24, 2.45) is 5.92 Å². The van der Waals surface area contributed by atoms with Gasteiger partial charge in [-0.3, -0.25) is 0 Å². The summed E-state index contributed by atoms with van der Waals surface area (Å²) in [5.74, 6) is -0.181. The molecule has 6 heteroatoms. The van der Waals surface area contributed by atoms with Crippen molar-refractivity contribution in [3.8, 4) is 0 Å². The Hall–Kier alpha value is -0.950. The van der Waals surface area contributed by atoms with E-state index in [1.807, 2.05) is 0 Å². The smallest absolute Gasteiger partial charge is 0.333 e. The molecule has 2 heterocycles. The van der Waals surface area contributed by atoms with Crippen LogP contribution in [0.3, 0.4) is 0 Å². The van der Waals surface area contributed by atoms with Crippen LogP contribution >= 0.6 is 0 Å². The molecular weight excluding hydrogens is 288 g/mol.